The van der Waals surface area contributed by atoms with Crippen molar-refractivity contribution in [3.63, 3.8) is 0 Å². The predicted molar refractivity (Wildman–Crippen MR) is 93.5 cm³/mol. The molecule has 0 saturated carbocycles. The lowest BCUT2D eigenvalue weighted by Crippen LogP contribution is -2.34. The molecule has 0 atom stereocenters. The van der Waals surface area contributed by atoms with Crippen molar-refractivity contribution in [3.05, 3.63) is 21.6 Å². The van der Waals surface area contributed by atoms with E-state index < -0.39 is 10.0 Å². The lowest BCUT2D eigenvalue weighted by molar-refractivity contribution is 0.415. The maximum absolute atomic E-state index is 12.8. The second kappa shape index (κ2) is 6.28. The van der Waals surface area contributed by atoms with Crippen LogP contribution in [0.3, 0.4) is 0 Å². The number of benzene rings is 1. The second-order valence-electron chi connectivity index (χ2n) is 5.57. The van der Waals surface area contributed by atoms with Gasteiger partial charge in [0.2, 0.25) is 10.0 Å². The van der Waals surface area contributed by atoms with Gasteiger partial charge >= 0.3 is 0 Å². The van der Waals surface area contributed by atoms with E-state index in [1.807, 2.05) is 0 Å². The molecule has 0 bridgehead atoms. The maximum Gasteiger partial charge on any atom is 0.244 e. The summed E-state index contributed by atoms with van der Waals surface area (Å²) in [6.45, 7) is 5.28. The molecule has 0 unspecified atom stereocenters. The average molecular weight is 414 g/mol. The molecule has 1 fully saturated rings. The van der Waals surface area contributed by atoms with Crippen LogP contribution in [0.1, 0.15) is 20.3 Å². The number of thioether (sulfide) groups is 1. The summed E-state index contributed by atoms with van der Waals surface area (Å²) in [5.41, 5.74) is 6.13. The minimum atomic E-state index is -3.60. The zero-order chi connectivity index (χ0) is 15.8. The minimum Gasteiger partial charge on any atom is -0.398 e. The van der Waals surface area contributed by atoms with Crippen molar-refractivity contribution in [1.82, 2.24) is 4.31 Å². The van der Waals surface area contributed by atoms with Gasteiger partial charge < -0.3 is 5.73 Å². The standard InChI is InChI=1S/C13H18BrClN2O2S2/c1-13(2)3-4-17(5-6-20-13)21(18,19)11-8-9(15)7-10(16)12(11)14/h7-8H,3-6,16H2,1-2H3. The van der Waals surface area contributed by atoms with Gasteiger partial charge in [-0.3, -0.25) is 0 Å². The van der Waals surface area contributed by atoms with Gasteiger partial charge in [-0.05, 0) is 34.5 Å². The molecule has 1 aromatic carbocycles. The fraction of sp³-hybridized carbons (Fsp3) is 0.538. The predicted octanol–water partition coefficient (Wildman–Crippen LogP) is 3.59. The molecule has 21 heavy (non-hydrogen) atoms. The summed E-state index contributed by atoms with van der Waals surface area (Å²) in [6.07, 6.45) is 0.810. The van der Waals surface area contributed by atoms with Crippen LogP contribution in [0.2, 0.25) is 5.02 Å². The van der Waals surface area contributed by atoms with Gasteiger partial charge in [-0.1, -0.05) is 25.4 Å². The maximum atomic E-state index is 12.8. The van der Waals surface area contributed by atoms with Crippen LogP contribution < -0.4 is 5.73 Å². The summed E-state index contributed by atoms with van der Waals surface area (Å²) < 4.78 is 27.7. The number of nitrogens with two attached hydrogens (primary N) is 1. The van der Waals surface area contributed by atoms with E-state index in [1.165, 1.54) is 16.4 Å². The molecule has 1 saturated heterocycles. The quantitative estimate of drug-likeness (QED) is 0.753. The summed E-state index contributed by atoms with van der Waals surface area (Å²) in [5.74, 6) is 0.778. The van der Waals surface area contributed by atoms with Crippen LogP contribution in [0.4, 0.5) is 5.69 Å². The Hall–Kier alpha value is 0.0500. The first-order chi connectivity index (χ1) is 9.63. The molecule has 0 amide bonds. The summed E-state index contributed by atoms with van der Waals surface area (Å²) in [4.78, 5) is 0.136. The Kier molecular flexibility index (Phi) is 5.20. The smallest absolute Gasteiger partial charge is 0.244 e. The van der Waals surface area contributed by atoms with Gasteiger partial charge in [-0.15, -0.1) is 0 Å². The largest absolute Gasteiger partial charge is 0.398 e. The molecule has 2 rings (SSSR count). The summed E-state index contributed by atoms with van der Waals surface area (Å²) in [6, 6.07) is 2.98. The molecule has 0 radical (unpaired) electrons. The van der Waals surface area contributed by atoms with Gasteiger partial charge in [0.25, 0.3) is 0 Å². The van der Waals surface area contributed by atoms with Crippen molar-refractivity contribution in [2.24, 2.45) is 0 Å². The number of hydrogen-bond acceptors (Lipinski definition) is 4. The third kappa shape index (κ3) is 3.88. The van der Waals surface area contributed by atoms with Crippen LogP contribution in [0.5, 0.6) is 0 Å². The monoisotopic (exact) mass is 412 g/mol. The van der Waals surface area contributed by atoms with E-state index in [2.05, 4.69) is 29.8 Å². The Balaban J connectivity index is 2.39. The van der Waals surface area contributed by atoms with E-state index in [4.69, 9.17) is 17.3 Å². The lowest BCUT2D eigenvalue weighted by atomic mass is 10.1. The van der Waals surface area contributed by atoms with Crippen molar-refractivity contribution in [2.75, 3.05) is 24.6 Å². The molecule has 2 N–H and O–H groups in total. The number of sulfonamides is 1. The first-order valence-corrected chi connectivity index (χ1v) is 10.1. The normalized spacial score (nSPS) is 20.2. The van der Waals surface area contributed by atoms with Crippen molar-refractivity contribution in [3.8, 4) is 0 Å². The molecule has 0 spiro atoms. The fourth-order valence-corrected chi connectivity index (χ4v) is 6.06. The van der Waals surface area contributed by atoms with Crippen LogP contribution in [-0.2, 0) is 10.0 Å². The van der Waals surface area contributed by atoms with E-state index in [0.29, 0.717) is 28.3 Å². The number of nitrogens with zero attached hydrogens (tertiary/aromatic N) is 1. The molecule has 4 nitrogen and oxygen atoms in total. The van der Waals surface area contributed by atoms with Crippen molar-refractivity contribution in [2.45, 2.75) is 29.9 Å². The molecule has 118 valence electrons. The SMILES string of the molecule is CC1(C)CCN(S(=O)(=O)c2cc(Cl)cc(N)c2Br)CCS1. The third-order valence-corrected chi connectivity index (χ3v) is 8.11. The van der Waals surface area contributed by atoms with Gasteiger partial charge in [-0.25, -0.2) is 8.42 Å². The van der Waals surface area contributed by atoms with Gasteiger partial charge in [0.05, 0.1) is 9.37 Å². The highest BCUT2D eigenvalue weighted by molar-refractivity contribution is 9.10. The van der Waals surface area contributed by atoms with Crippen molar-refractivity contribution in [1.29, 1.82) is 0 Å². The molecule has 1 aliphatic rings. The molecule has 0 aromatic heterocycles. The lowest BCUT2D eigenvalue weighted by Gasteiger charge is -2.23. The highest BCUT2D eigenvalue weighted by Gasteiger charge is 2.32. The first-order valence-electron chi connectivity index (χ1n) is 6.52. The number of hydrogen-bond donors (Lipinski definition) is 1. The van der Waals surface area contributed by atoms with E-state index >= 15 is 0 Å². The average Bonchev–Trinajstić information content (AvgIpc) is 2.55. The van der Waals surface area contributed by atoms with Gasteiger partial charge in [0.1, 0.15) is 0 Å². The fourth-order valence-electron chi connectivity index (χ4n) is 2.15. The Morgan fingerprint density at radius 1 is 1.38 bits per heavy atom. The highest BCUT2D eigenvalue weighted by Crippen LogP contribution is 2.36. The summed E-state index contributed by atoms with van der Waals surface area (Å²) in [5, 5.41) is 0.318. The third-order valence-electron chi connectivity index (χ3n) is 3.45. The molecule has 8 heteroatoms. The number of nitrogen functional groups attached to an aromatic ring is 1. The van der Waals surface area contributed by atoms with Gasteiger partial charge in [-0.2, -0.15) is 16.1 Å². The zero-order valence-electron chi connectivity index (χ0n) is 11.9. The Morgan fingerprint density at radius 2 is 2.05 bits per heavy atom. The number of anilines is 1. The van der Waals surface area contributed by atoms with Crippen molar-refractivity contribution >= 4 is 55.0 Å². The van der Waals surface area contributed by atoms with Gasteiger partial charge in [0, 0.05) is 34.3 Å². The second-order valence-corrected chi connectivity index (χ2v) is 10.5. The van der Waals surface area contributed by atoms with Crippen LogP contribution in [-0.4, -0.2) is 36.3 Å². The molecule has 1 aromatic rings. The molecular formula is C13H18BrClN2O2S2. The molecule has 1 aliphatic heterocycles. The Bertz CT molecular complexity index is 650. The molecule has 1 heterocycles. The zero-order valence-corrected chi connectivity index (χ0v) is 15.9. The highest BCUT2D eigenvalue weighted by atomic mass is 79.9. The van der Waals surface area contributed by atoms with E-state index in [-0.39, 0.29) is 9.64 Å². The van der Waals surface area contributed by atoms with Crippen LogP contribution in [0.25, 0.3) is 0 Å². The van der Waals surface area contributed by atoms with Crippen LogP contribution >= 0.6 is 39.3 Å². The summed E-state index contributed by atoms with van der Waals surface area (Å²) >= 11 is 11.0. The topological polar surface area (TPSA) is 63.4 Å². The van der Waals surface area contributed by atoms with Crippen LogP contribution in [0, 0.1) is 0 Å². The van der Waals surface area contributed by atoms with E-state index in [1.54, 1.807) is 11.8 Å². The van der Waals surface area contributed by atoms with Crippen molar-refractivity contribution < 1.29 is 8.42 Å². The molecular weight excluding hydrogens is 396 g/mol. The number of rotatable bonds is 2. The minimum absolute atomic E-state index is 0.0921. The van der Waals surface area contributed by atoms with Crippen LogP contribution in [0.15, 0.2) is 21.5 Å². The Morgan fingerprint density at radius 3 is 2.71 bits per heavy atom. The molecule has 0 aliphatic carbocycles. The first kappa shape index (κ1) is 17.4. The van der Waals surface area contributed by atoms with E-state index in [9.17, 15) is 8.42 Å². The Labute approximate surface area is 143 Å². The summed E-state index contributed by atoms with van der Waals surface area (Å²) in [7, 11) is -3.60. The number of halogens is 2. The van der Waals surface area contributed by atoms with E-state index in [0.717, 1.165) is 12.2 Å². The van der Waals surface area contributed by atoms with Gasteiger partial charge in [0.15, 0.2) is 0 Å².